The van der Waals surface area contributed by atoms with Crippen LogP contribution in [-0.4, -0.2) is 45.1 Å². The summed E-state index contributed by atoms with van der Waals surface area (Å²) in [6.45, 7) is 2.81. The topological polar surface area (TPSA) is 58.2 Å². The Morgan fingerprint density at radius 1 is 1.12 bits per heavy atom. The lowest BCUT2D eigenvalue weighted by molar-refractivity contribution is 0.461. The normalized spacial score (nSPS) is 34.8. The van der Waals surface area contributed by atoms with E-state index in [9.17, 15) is 8.42 Å². The van der Waals surface area contributed by atoms with Crippen LogP contribution in [0.15, 0.2) is 0 Å². The third kappa shape index (κ3) is 3.18. The summed E-state index contributed by atoms with van der Waals surface area (Å²) in [5.41, 5.74) is 0. The lowest BCUT2D eigenvalue weighted by atomic mass is 10.1. The summed E-state index contributed by atoms with van der Waals surface area (Å²) in [4.78, 5) is 0. The maximum absolute atomic E-state index is 11.7. The van der Waals surface area contributed by atoms with Crippen LogP contribution in [0.4, 0.5) is 0 Å². The molecule has 0 bridgehead atoms. The molecule has 5 heteroatoms. The van der Waals surface area contributed by atoms with Gasteiger partial charge in [0.05, 0.1) is 11.0 Å². The van der Waals surface area contributed by atoms with Crippen molar-refractivity contribution in [2.45, 2.75) is 43.4 Å². The Hall–Kier alpha value is -0.130. The second kappa shape index (κ2) is 5.47. The molecule has 0 aromatic heterocycles. The molecule has 0 aromatic carbocycles. The first-order chi connectivity index (χ1) is 7.68. The Bertz CT molecular complexity index is 308. The molecule has 0 aromatic rings. The largest absolute Gasteiger partial charge is 0.317 e. The smallest absolute Gasteiger partial charge is 0.154 e. The van der Waals surface area contributed by atoms with Crippen LogP contribution in [0.25, 0.3) is 0 Å². The van der Waals surface area contributed by atoms with E-state index in [-0.39, 0.29) is 5.25 Å². The highest BCUT2D eigenvalue weighted by Crippen LogP contribution is 2.19. The highest BCUT2D eigenvalue weighted by atomic mass is 32.2. The monoisotopic (exact) mass is 246 g/mol. The zero-order valence-electron chi connectivity index (χ0n) is 9.74. The van der Waals surface area contributed by atoms with Crippen LogP contribution < -0.4 is 10.6 Å². The van der Waals surface area contributed by atoms with E-state index in [4.69, 9.17) is 0 Å². The maximum atomic E-state index is 11.7. The molecule has 16 heavy (non-hydrogen) atoms. The number of hydrogen-bond acceptors (Lipinski definition) is 4. The first-order valence-corrected chi connectivity index (χ1v) is 8.06. The van der Waals surface area contributed by atoms with E-state index in [1.165, 1.54) is 12.8 Å². The average Bonchev–Trinajstić information content (AvgIpc) is 2.48. The SMILES string of the molecule is O=S1(=O)CCCC1CNC1CCCNCC1. The second-order valence-electron chi connectivity index (χ2n) is 4.92. The van der Waals surface area contributed by atoms with Gasteiger partial charge in [-0.15, -0.1) is 0 Å². The molecule has 4 nitrogen and oxygen atoms in total. The van der Waals surface area contributed by atoms with Gasteiger partial charge in [0.25, 0.3) is 0 Å². The summed E-state index contributed by atoms with van der Waals surface area (Å²) in [5.74, 6) is 0.394. The van der Waals surface area contributed by atoms with Crippen LogP contribution in [0.3, 0.4) is 0 Å². The van der Waals surface area contributed by atoms with Crippen LogP contribution in [0.1, 0.15) is 32.1 Å². The molecule has 2 fully saturated rings. The van der Waals surface area contributed by atoms with Crippen molar-refractivity contribution in [3.05, 3.63) is 0 Å². The minimum atomic E-state index is -2.78. The Balaban J connectivity index is 1.78. The molecule has 2 rings (SSSR count). The fourth-order valence-electron chi connectivity index (χ4n) is 2.61. The van der Waals surface area contributed by atoms with Crippen molar-refractivity contribution in [1.29, 1.82) is 0 Å². The molecule has 0 radical (unpaired) electrons. The van der Waals surface area contributed by atoms with Crippen molar-refractivity contribution in [2.75, 3.05) is 25.4 Å². The second-order valence-corrected chi connectivity index (χ2v) is 7.32. The molecule has 0 spiro atoms. The molecule has 2 aliphatic heterocycles. The molecular formula is C11H22N2O2S. The summed E-state index contributed by atoms with van der Waals surface area (Å²) in [6.07, 6.45) is 5.17. The van der Waals surface area contributed by atoms with Crippen molar-refractivity contribution < 1.29 is 8.42 Å². The van der Waals surface area contributed by atoms with Crippen LogP contribution in [0.5, 0.6) is 0 Å². The lowest BCUT2D eigenvalue weighted by Crippen LogP contribution is -2.37. The average molecular weight is 246 g/mol. The third-order valence-corrected chi connectivity index (χ3v) is 5.95. The van der Waals surface area contributed by atoms with Crippen molar-refractivity contribution in [1.82, 2.24) is 10.6 Å². The van der Waals surface area contributed by atoms with Gasteiger partial charge >= 0.3 is 0 Å². The van der Waals surface area contributed by atoms with E-state index >= 15 is 0 Å². The third-order valence-electron chi connectivity index (χ3n) is 3.67. The van der Waals surface area contributed by atoms with E-state index in [2.05, 4.69) is 10.6 Å². The van der Waals surface area contributed by atoms with E-state index in [0.29, 0.717) is 18.3 Å². The number of nitrogens with one attached hydrogen (secondary N) is 2. The van der Waals surface area contributed by atoms with Crippen molar-refractivity contribution in [3.63, 3.8) is 0 Å². The fourth-order valence-corrected chi connectivity index (χ4v) is 4.39. The molecule has 2 unspecified atom stereocenters. The molecule has 2 aliphatic rings. The summed E-state index contributed by atoms with van der Waals surface area (Å²) < 4.78 is 23.3. The minimum Gasteiger partial charge on any atom is -0.317 e. The maximum Gasteiger partial charge on any atom is 0.154 e. The van der Waals surface area contributed by atoms with Gasteiger partial charge in [-0.3, -0.25) is 0 Å². The van der Waals surface area contributed by atoms with Gasteiger partial charge in [-0.05, 0) is 45.2 Å². The highest BCUT2D eigenvalue weighted by molar-refractivity contribution is 7.92. The van der Waals surface area contributed by atoms with Crippen LogP contribution in [0.2, 0.25) is 0 Å². The van der Waals surface area contributed by atoms with Gasteiger partial charge in [0.2, 0.25) is 0 Å². The van der Waals surface area contributed by atoms with E-state index in [0.717, 1.165) is 32.4 Å². The van der Waals surface area contributed by atoms with E-state index in [1.54, 1.807) is 0 Å². The molecule has 2 atom stereocenters. The molecule has 94 valence electrons. The minimum absolute atomic E-state index is 0.122. The standard InChI is InChI=1S/C11H22N2O2S/c14-16(15)8-2-4-11(16)9-13-10-3-1-6-12-7-5-10/h10-13H,1-9H2. The van der Waals surface area contributed by atoms with Gasteiger partial charge in [0, 0.05) is 12.6 Å². The van der Waals surface area contributed by atoms with Crippen LogP contribution in [0, 0.1) is 0 Å². The summed E-state index contributed by atoms with van der Waals surface area (Å²) >= 11 is 0. The zero-order valence-corrected chi connectivity index (χ0v) is 10.6. The molecule has 0 saturated carbocycles. The number of sulfone groups is 1. The van der Waals surface area contributed by atoms with Gasteiger partial charge in [-0.2, -0.15) is 0 Å². The number of hydrogen-bond donors (Lipinski definition) is 2. The van der Waals surface area contributed by atoms with Crippen LogP contribution >= 0.6 is 0 Å². The summed E-state index contributed by atoms with van der Waals surface area (Å²) in [7, 11) is -2.78. The summed E-state index contributed by atoms with van der Waals surface area (Å²) in [5, 5.41) is 6.68. The Morgan fingerprint density at radius 3 is 2.75 bits per heavy atom. The Kier molecular flexibility index (Phi) is 4.21. The van der Waals surface area contributed by atoms with Crippen molar-refractivity contribution >= 4 is 9.84 Å². The van der Waals surface area contributed by atoms with E-state index < -0.39 is 9.84 Å². The lowest BCUT2D eigenvalue weighted by Gasteiger charge is -2.18. The molecule has 2 saturated heterocycles. The van der Waals surface area contributed by atoms with Gasteiger partial charge in [-0.1, -0.05) is 0 Å². The van der Waals surface area contributed by atoms with E-state index in [1.807, 2.05) is 0 Å². The van der Waals surface area contributed by atoms with Crippen molar-refractivity contribution in [3.8, 4) is 0 Å². The predicted octanol–water partition coefficient (Wildman–Crippen LogP) is 0.295. The predicted molar refractivity (Wildman–Crippen MR) is 65.3 cm³/mol. The summed E-state index contributed by atoms with van der Waals surface area (Å²) in [6, 6.07) is 0.505. The van der Waals surface area contributed by atoms with Gasteiger partial charge in [0.15, 0.2) is 9.84 Å². The molecule has 0 amide bonds. The highest BCUT2D eigenvalue weighted by Gasteiger charge is 2.31. The Morgan fingerprint density at radius 2 is 2.00 bits per heavy atom. The van der Waals surface area contributed by atoms with Crippen molar-refractivity contribution in [2.24, 2.45) is 0 Å². The van der Waals surface area contributed by atoms with Gasteiger partial charge < -0.3 is 10.6 Å². The quantitative estimate of drug-likeness (QED) is 0.752. The zero-order chi connectivity index (χ0) is 11.4. The first-order valence-electron chi connectivity index (χ1n) is 6.34. The van der Waals surface area contributed by atoms with Gasteiger partial charge in [0.1, 0.15) is 0 Å². The molecule has 2 N–H and O–H groups in total. The fraction of sp³-hybridized carbons (Fsp3) is 1.00. The first kappa shape index (κ1) is 12.3. The van der Waals surface area contributed by atoms with Crippen LogP contribution in [-0.2, 0) is 9.84 Å². The molecule has 2 heterocycles. The Labute approximate surface area is 98.1 Å². The molecular weight excluding hydrogens is 224 g/mol. The van der Waals surface area contributed by atoms with Gasteiger partial charge in [-0.25, -0.2) is 8.42 Å². The number of rotatable bonds is 3. The molecule has 0 aliphatic carbocycles.